The lowest BCUT2D eigenvalue weighted by atomic mass is 9.90. The maximum Gasteiger partial charge on any atom is 0.00964 e. The van der Waals surface area contributed by atoms with E-state index < -0.39 is 0 Å². The van der Waals surface area contributed by atoms with E-state index >= 15 is 0 Å². The second kappa shape index (κ2) is 9.80. The predicted octanol–water partition coefficient (Wildman–Crippen LogP) is 3.81. The Bertz CT molecular complexity index is 178. The third-order valence-corrected chi connectivity index (χ3v) is 4.30. The quantitative estimate of drug-likeness (QED) is 0.673. The van der Waals surface area contributed by atoms with Gasteiger partial charge in [-0.3, -0.25) is 0 Å². The number of unbranched alkanes of at least 4 members (excludes halogenated alkanes) is 2. The molecule has 1 aliphatic carbocycles. The van der Waals surface area contributed by atoms with Crippen LogP contribution in [0.25, 0.3) is 0 Å². The Morgan fingerprint density at radius 2 is 1.44 bits per heavy atom. The highest BCUT2D eigenvalue weighted by atomic mass is 15.2. The highest BCUT2D eigenvalue weighted by molar-refractivity contribution is 4.82. The van der Waals surface area contributed by atoms with Crippen molar-refractivity contribution in [3.05, 3.63) is 0 Å². The molecule has 0 radical (unpaired) electrons. The molecule has 108 valence electrons. The summed E-state index contributed by atoms with van der Waals surface area (Å²) in [6, 6.07) is 1.67. The second-order valence-corrected chi connectivity index (χ2v) is 5.81. The first-order valence-corrected chi connectivity index (χ1v) is 8.29. The Kier molecular flexibility index (Phi) is 8.70. The largest absolute Gasteiger partial charge is 0.314 e. The molecule has 1 aliphatic rings. The minimum Gasteiger partial charge on any atom is -0.314 e. The van der Waals surface area contributed by atoms with Gasteiger partial charge in [0.05, 0.1) is 0 Å². The van der Waals surface area contributed by atoms with Crippen LogP contribution in [0.5, 0.6) is 0 Å². The van der Waals surface area contributed by atoms with Crippen LogP contribution in [0.4, 0.5) is 0 Å². The fourth-order valence-corrected chi connectivity index (χ4v) is 3.13. The molecule has 1 fully saturated rings. The molecule has 1 N–H and O–H groups in total. The van der Waals surface area contributed by atoms with E-state index in [1.165, 1.54) is 64.5 Å². The van der Waals surface area contributed by atoms with Crippen LogP contribution in [0.15, 0.2) is 0 Å². The maximum absolute atomic E-state index is 3.61. The molecule has 18 heavy (non-hydrogen) atoms. The van der Waals surface area contributed by atoms with E-state index in [9.17, 15) is 0 Å². The van der Waals surface area contributed by atoms with Gasteiger partial charge in [-0.1, -0.05) is 33.6 Å². The molecule has 2 heteroatoms. The molecule has 0 aromatic heterocycles. The zero-order valence-corrected chi connectivity index (χ0v) is 12.9. The van der Waals surface area contributed by atoms with E-state index in [1.54, 1.807) is 0 Å². The zero-order valence-electron chi connectivity index (χ0n) is 12.9. The molecule has 0 heterocycles. The summed E-state index contributed by atoms with van der Waals surface area (Å²) in [5, 5.41) is 3.61. The van der Waals surface area contributed by atoms with E-state index in [2.05, 4.69) is 31.0 Å². The summed E-state index contributed by atoms with van der Waals surface area (Å²) in [5.41, 5.74) is 0. The number of hydrogen-bond donors (Lipinski definition) is 1. The smallest absolute Gasteiger partial charge is 0.00964 e. The van der Waals surface area contributed by atoms with Gasteiger partial charge in [0, 0.05) is 12.1 Å². The van der Waals surface area contributed by atoms with E-state index in [0.717, 1.165) is 18.6 Å². The average molecular weight is 254 g/mol. The lowest BCUT2D eigenvalue weighted by Crippen LogP contribution is -2.43. The lowest BCUT2D eigenvalue weighted by Gasteiger charge is -2.37. The Labute approximate surface area is 115 Å². The second-order valence-electron chi connectivity index (χ2n) is 5.81. The molecule has 0 saturated heterocycles. The number of rotatable bonds is 9. The SMILES string of the molecule is CCCCN(CCCC)C1CCC(NCC)CC1. The molecule has 1 rings (SSSR count). The Morgan fingerprint density at radius 1 is 0.889 bits per heavy atom. The van der Waals surface area contributed by atoms with Crippen LogP contribution in [-0.4, -0.2) is 36.6 Å². The molecule has 0 amide bonds. The molecule has 0 unspecified atom stereocenters. The van der Waals surface area contributed by atoms with Gasteiger partial charge in [-0.15, -0.1) is 0 Å². The molecule has 1 saturated carbocycles. The van der Waals surface area contributed by atoms with E-state index in [-0.39, 0.29) is 0 Å². The van der Waals surface area contributed by atoms with Gasteiger partial charge in [0.1, 0.15) is 0 Å². The average Bonchev–Trinajstić information content (AvgIpc) is 2.41. The third kappa shape index (κ3) is 5.71. The van der Waals surface area contributed by atoms with Gasteiger partial charge in [-0.25, -0.2) is 0 Å². The Balaban J connectivity index is 2.33. The van der Waals surface area contributed by atoms with Crippen LogP contribution >= 0.6 is 0 Å². The van der Waals surface area contributed by atoms with Crippen molar-refractivity contribution in [2.24, 2.45) is 0 Å². The molecule has 0 atom stereocenters. The van der Waals surface area contributed by atoms with Crippen molar-refractivity contribution in [3.8, 4) is 0 Å². The van der Waals surface area contributed by atoms with Gasteiger partial charge in [0.15, 0.2) is 0 Å². The first-order chi connectivity index (χ1) is 8.81. The summed E-state index contributed by atoms with van der Waals surface area (Å²) in [5.74, 6) is 0. The van der Waals surface area contributed by atoms with Crippen molar-refractivity contribution >= 4 is 0 Å². The third-order valence-electron chi connectivity index (χ3n) is 4.30. The van der Waals surface area contributed by atoms with Gasteiger partial charge in [-0.05, 0) is 58.2 Å². The minimum atomic E-state index is 0.797. The fourth-order valence-electron chi connectivity index (χ4n) is 3.13. The monoisotopic (exact) mass is 254 g/mol. The van der Waals surface area contributed by atoms with Gasteiger partial charge in [-0.2, -0.15) is 0 Å². The lowest BCUT2D eigenvalue weighted by molar-refractivity contribution is 0.140. The highest BCUT2D eigenvalue weighted by Crippen LogP contribution is 2.24. The summed E-state index contributed by atoms with van der Waals surface area (Å²) < 4.78 is 0. The van der Waals surface area contributed by atoms with Gasteiger partial charge < -0.3 is 10.2 Å². The zero-order chi connectivity index (χ0) is 13.2. The van der Waals surface area contributed by atoms with Crippen molar-refractivity contribution in [1.29, 1.82) is 0 Å². The minimum absolute atomic E-state index is 0.797. The van der Waals surface area contributed by atoms with Crippen molar-refractivity contribution in [1.82, 2.24) is 10.2 Å². The Hall–Kier alpha value is -0.0800. The van der Waals surface area contributed by atoms with Crippen molar-refractivity contribution in [2.75, 3.05) is 19.6 Å². The molecule has 0 spiro atoms. The molecule has 0 aromatic rings. The van der Waals surface area contributed by atoms with Crippen LogP contribution in [0.1, 0.15) is 72.1 Å². The van der Waals surface area contributed by atoms with Crippen LogP contribution < -0.4 is 5.32 Å². The van der Waals surface area contributed by atoms with E-state index in [0.29, 0.717) is 0 Å². The summed E-state index contributed by atoms with van der Waals surface area (Å²) in [6.45, 7) is 10.6. The molecule has 0 aromatic carbocycles. The molecule has 0 aliphatic heterocycles. The number of hydrogen-bond acceptors (Lipinski definition) is 2. The topological polar surface area (TPSA) is 15.3 Å². The molecular weight excluding hydrogens is 220 g/mol. The van der Waals surface area contributed by atoms with Crippen LogP contribution in [0.2, 0.25) is 0 Å². The molecule has 0 bridgehead atoms. The Morgan fingerprint density at radius 3 is 1.89 bits per heavy atom. The van der Waals surface area contributed by atoms with Crippen molar-refractivity contribution in [2.45, 2.75) is 84.2 Å². The van der Waals surface area contributed by atoms with Gasteiger partial charge in [0.25, 0.3) is 0 Å². The first-order valence-electron chi connectivity index (χ1n) is 8.29. The van der Waals surface area contributed by atoms with Crippen molar-refractivity contribution < 1.29 is 0 Å². The number of nitrogens with one attached hydrogen (secondary N) is 1. The summed E-state index contributed by atoms with van der Waals surface area (Å²) in [6.07, 6.45) is 11.0. The van der Waals surface area contributed by atoms with Crippen LogP contribution in [-0.2, 0) is 0 Å². The predicted molar refractivity (Wildman–Crippen MR) is 81.1 cm³/mol. The standard InChI is InChI=1S/C16H34N2/c1-4-7-13-18(14-8-5-2)16-11-9-15(10-12-16)17-6-3/h15-17H,4-14H2,1-3H3. The normalized spacial score (nSPS) is 24.7. The fraction of sp³-hybridized carbons (Fsp3) is 1.00. The van der Waals surface area contributed by atoms with Crippen molar-refractivity contribution in [3.63, 3.8) is 0 Å². The summed E-state index contributed by atoms with van der Waals surface area (Å²) in [7, 11) is 0. The van der Waals surface area contributed by atoms with Crippen LogP contribution in [0.3, 0.4) is 0 Å². The summed E-state index contributed by atoms with van der Waals surface area (Å²) >= 11 is 0. The van der Waals surface area contributed by atoms with Gasteiger partial charge in [0.2, 0.25) is 0 Å². The van der Waals surface area contributed by atoms with E-state index in [1.807, 2.05) is 0 Å². The highest BCUT2D eigenvalue weighted by Gasteiger charge is 2.24. The molecular formula is C16H34N2. The first kappa shape index (κ1) is 16.0. The maximum atomic E-state index is 3.61. The summed E-state index contributed by atoms with van der Waals surface area (Å²) in [4.78, 5) is 2.79. The van der Waals surface area contributed by atoms with Gasteiger partial charge >= 0.3 is 0 Å². The van der Waals surface area contributed by atoms with Crippen LogP contribution in [0, 0.1) is 0 Å². The molecule has 2 nitrogen and oxygen atoms in total. The number of nitrogens with zero attached hydrogens (tertiary/aromatic N) is 1. The van der Waals surface area contributed by atoms with E-state index in [4.69, 9.17) is 0 Å².